The van der Waals surface area contributed by atoms with Crippen LogP contribution in [0.15, 0.2) is 18.2 Å². The minimum Gasteiger partial charge on any atom is -0.354 e. The molecule has 1 rings (SSSR count). The third-order valence-corrected chi connectivity index (χ3v) is 3.93. The van der Waals surface area contributed by atoms with Crippen LogP contribution in [-0.2, 0) is 11.2 Å². The Labute approximate surface area is 123 Å². The van der Waals surface area contributed by atoms with Crippen LogP contribution in [0.25, 0.3) is 0 Å². The number of carbonyl (C=O) groups excluding carboxylic acids is 1. The zero-order valence-corrected chi connectivity index (χ0v) is 12.5. The summed E-state index contributed by atoms with van der Waals surface area (Å²) in [5.41, 5.74) is 0.178. The lowest BCUT2D eigenvalue weighted by Gasteiger charge is -2.19. The first-order valence-corrected chi connectivity index (χ1v) is 7.26. The largest absolute Gasteiger partial charge is 0.354 e. The van der Waals surface area contributed by atoms with Crippen LogP contribution in [0.2, 0.25) is 0 Å². The fourth-order valence-corrected chi connectivity index (χ4v) is 2.51. The van der Waals surface area contributed by atoms with Gasteiger partial charge in [0, 0.05) is 12.6 Å². The van der Waals surface area contributed by atoms with Crippen molar-refractivity contribution in [2.45, 2.75) is 38.5 Å². The minimum absolute atomic E-state index is 0.112. The molecule has 0 radical (unpaired) electrons. The summed E-state index contributed by atoms with van der Waals surface area (Å²) in [6.07, 6.45) is 1.79. The van der Waals surface area contributed by atoms with Gasteiger partial charge in [0.25, 0.3) is 0 Å². The van der Waals surface area contributed by atoms with E-state index in [1.807, 2.05) is 0 Å². The van der Waals surface area contributed by atoms with Crippen molar-refractivity contribution >= 4 is 17.5 Å². The molecule has 1 aromatic carbocycles. The Hall–Kier alpha value is -1.16. The van der Waals surface area contributed by atoms with Crippen molar-refractivity contribution in [3.63, 3.8) is 0 Å². The van der Waals surface area contributed by atoms with Gasteiger partial charge in [-0.2, -0.15) is 0 Å². The summed E-state index contributed by atoms with van der Waals surface area (Å²) >= 11 is 6.21. The highest BCUT2D eigenvalue weighted by atomic mass is 35.5. The molecule has 1 amide bonds. The molecule has 0 fully saturated rings. The number of hydrogen-bond donors (Lipinski definition) is 1. The number of hydrogen-bond acceptors (Lipinski definition) is 1. The molecule has 1 atom stereocenters. The zero-order chi connectivity index (χ0) is 15.1. The first-order valence-electron chi connectivity index (χ1n) is 6.82. The molecule has 112 valence electrons. The van der Waals surface area contributed by atoms with Crippen molar-refractivity contribution < 1.29 is 13.6 Å². The lowest BCUT2D eigenvalue weighted by Crippen LogP contribution is -2.34. The molecule has 0 aliphatic rings. The van der Waals surface area contributed by atoms with E-state index < -0.39 is 11.6 Å². The van der Waals surface area contributed by atoms with Crippen molar-refractivity contribution in [2.75, 3.05) is 6.54 Å². The number of nitrogens with one attached hydrogen (secondary N) is 1. The standard InChI is InChI=1S/C15H20ClF2NO/c1-3-10(4-2)13(16)9-19-15(20)7-11-5-6-12(17)8-14(11)18/h5-6,8,10,13H,3-4,7,9H2,1-2H3,(H,19,20). The van der Waals surface area contributed by atoms with Gasteiger partial charge < -0.3 is 5.32 Å². The molecule has 2 nitrogen and oxygen atoms in total. The highest BCUT2D eigenvalue weighted by molar-refractivity contribution is 6.21. The van der Waals surface area contributed by atoms with E-state index in [0.29, 0.717) is 12.5 Å². The van der Waals surface area contributed by atoms with Gasteiger partial charge >= 0.3 is 0 Å². The van der Waals surface area contributed by atoms with Crippen LogP contribution in [0.1, 0.15) is 32.3 Å². The van der Waals surface area contributed by atoms with E-state index in [4.69, 9.17) is 11.6 Å². The molecular weight excluding hydrogens is 284 g/mol. The summed E-state index contributed by atoms with van der Waals surface area (Å²) < 4.78 is 26.1. The second-order valence-electron chi connectivity index (χ2n) is 4.81. The van der Waals surface area contributed by atoms with Crippen LogP contribution in [0.5, 0.6) is 0 Å². The van der Waals surface area contributed by atoms with E-state index in [1.54, 1.807) is 0 Å². The average molecular weight is 304 g/mol. The maximum atomic E-state index is 13.4. The lowest BCUT2D eigenvalue weighted by atomic mass is 9.99. The second-order valence-corrected chi connectivity index (χ2v) is 5.37. The molecular formula is C15H20ClF2NO. The van der Waals surface area contributed by atoms with Gasteiger partial charge in [-0.1, -0.05) is 32.8 Å². The van der Waals surface area contributed by atoms with Crippen LogP contribution in [0.3, 0.4) is 0 Å². The molecule has 0 saturated carbocycles. The van der Waals surface area contributed by atoms with Gasteiger partial charge in [0.05, 0.1) is 11.8 Å². The van der Waals surface area contributed by atoms with Crippen molar-refractivity contribution in [3.8, 4) is 0 Å². The molecule has 0 saturated heterocycles. The summed E-state index contributed by atoms with van der Waals surface area (Å²) in [7, 11) is 0. The minimum atomic E-state index is -0.706. The second kappa shape index (κ2) is 8.20. The van der Waals surface area contributed by atoms with E-state index in [-0.39, 0.29) is 23.3 Å². The first kappa shape index (κ1) is 16.9. The normalized spacial score (nSPS) is 12.5. The van der Waals surface area contributed by atoms with E-state index >= 15 is 0 Å². The highest BCUT2D eigenvalue weighted by Crippen LogP contribution is 2.17. The van der Waals surface area contributed by atoms with Crippen LogP contribution >= 0.6 is 11.6 Å². The maximum Gasteiger partial charge on any atom is 0.224 e. The Morgan fingerprint density at radius 1 is 1.30 bits per heavy atom. The third-order valence-electron chi connectivity index (χ3n) is 3.42. The fraction of sp³-hybridized carbons (Fsp3) is 0.533. The molecule has 5 heteroatoms. The molecule has 0 aromatic heterocycles. The van der Waals surface area contributed by atoms with E-state index in [1.165, 1.54) is 6.07 Å². The maximum absolute atomic E-state index is 13.4. The summed E-state index contributed by atoms with van der Waals surface area (Å²) in [4.78, 5) is 11.7. The van der Waals surface area contributed by atoms with Crippen molar-refractivity contribution in [3.05, 3.63) is 35.4 Å². The van der Waals surface area contributed by atoms with Gasteiger partial charge in [0.1, 0.15) is 11.6 Å². The van der Waals surface area contributed by atoms with Crippen LogP contribution in [0, 0.1) is 17.6 Å². The van der Waals surface area contributed by atoms with Gasteiger partial charge in [-0.25, -0.2) is 8.78 Å². The molecule has 0 bridgehead atoms. The Morgan fingerprint density at radius 2 is 1.95 bits per heavy atom. The van der Waals surface area contributed by atoms with Crippen molar-refractivity contribution in [1.29, 1.82) is 0 Å². The smallest absolute Gasteiger partial charge is 0.224 e. The van der Waals surface area contributed by atoms with Crippen molar-refractivity contribution in [1.82, 2.24) is 5.32 Å². The Kier molecular flexibility index (Phi) is 6.93. The monoisotopic (exact) mass is 303 g/mol. The molecule has 20 heavy (non-hydrogen) atoms. The predicted molar refractivity (Wildman–Crippen MR) is 76.8 cm³/mol. The summed E-state index contributed by atoms with van der Waals surface area (Å²) in [6, 6.07) is 3.20. The van der Waals surface area contributed by atoms with Gasteiger partial charge in [-0.05, 0) is 17.5 Å². The van der Waals surface area contributed by atoms with Gasteiger partial charge in [0.2, 0.25) is 5.91 Å². The molecule has 1 unspecified atom stereocenters. The number of benzene rings is 1. The Balaban J connectivity index is 2.48. The van der Waals surface area contributed by atoms with E-state index in [0.717, 1.165) is 25.0 Å². The number of carbonyl (C=O) groups is 1. The van der Waals surface area contributed by atoms with Crippen LogP contribution in [-0.4, -0.2) is 17.8 Å². The quantitative estimate of drug-likeness (QED) is 0.765. The summed E-state index contributed by atoms with van der Waals surface area (Å²) in [5, 5.41) is 2.56. The molecule has 0 heterocycles. The lowest BCUT2D eigenvalue weighted by molar-refractivity contribution is -0.120. The Bertz CT molecular complexity index is 449. The Morgan fingerprint density at radius 3 is 2.50 bits per heavy atom. The molecule has 1 N–H and O–H groups in total. The van der Waals surface area contributed by atoms with Gasteiger partial charge in [0.15, 0.2) is 0 Å². The zero-order valence-electron chi connectivity index (χ0n) is 11.8. The predicted octanol–water partition coefficient (Wildman–Crippen LogP) is 3.67. The first-order chi connectivity index (χ1) is 9.47. The van der Waals surface area contributed by atoms with Crippen LogP contribution in [0.4, 0.5) is 8.78 Å². The SMILES string of the molecule is CCC(CC)C(Cl)CNC(=O)Cc1ccc(F)cc1F. The van der Waals surface area contributed by atoms with Gasteiger partial charge in [-0.3, -0.25) is 4.79 Å². The number of halogens is 3. The number of alkyl halides is 1. The van der Waals surface area contributed by atoms with E-state index in [2.05, 4.69) is 19.2 Å². The highest BCUT2D eigenvalue weighted by Gasteiger charge is 2.17. The topological polar surface area (TPSA) is 29.1 Å². The third kappa shape index (κ3) is 5.08. The summed E-state index contributed by atoms with van der Waals surface area (Å²) in [6.45, 7) is 4.47. The summed E-state index contributed by atoms with van der Waals surface area (Å²) in [5.74, 6) is -1.32. The molecule has 0 aliphatic carbocycles. The average Bonchev–Trinajstić information content (AvgIpc) is 2.41. The van der Waals surface area contributed by atoms with Gasteiger partial charge in [-0.15, -0.1) is 11.6 Å². The number of rotatable bonds is 7. The fourth-order valence-electron chi connectivity index (χ4n) is 2.08. The van der Waals surface area contributed by atoms with E-state index in [9.17, 15) is 13.6 Å². The number of amides is 1. The molecule has 0 spiro atoms. The van der Waals surface area contributed by atoms with Crippen LogP contribution < -0.4 is 5.32 Å². The molecule has 0 aliphatic heterocycles. The van der Waals surface area contributed by atoms with Crippen molar-refractivity contribution in [2.24, 2.45) is 5.92 Å². The molecule has 1 aromatic rings.